The summed E-state index contributed by atoms with van der Waals surface area (Å²) in [6.07, 6.45) is 5.21. The van der Waals surface area contributed by atoms with E-state index in [1.54, 1.807) is 0 Å². The molecule has 0 saturated heterocycles. The second-order valence-electron chi connectivity index (χ2n) is 7.15. The summed E-state index contributed by atoms with van der Waals surface area (Å²) in [7, 11) is 0. The van der Waals surface area contributed by atoms with Gasteiger partial charge in [0.25, 0.3) is 0 Å². The Hall–Kier alpha value is -2.88. The van der Waals surface area contributed by atoms with Crippen molar-refractivity contribution in [1.82, 2.24) is 9.97 Å². The third-order valence-corrected chi connectivity index (χ3v) is 5.43. The molecule has 1 aromatic heterocycles. The molecular formula is C22H22N4. The Morgan fingerprint density at radius 3 is 2.58 bits per heavy atom. The van der Waals surface area contributed by atoms with Crippen molar-refractivity contribution >= 4 is 23.1 Å². The lowest BCUT2D eigenvalue weighted by molar-refractivity contribution is 0.734. The van der Waals surface area contributed by atoms with Crippen molar-refractivity contribution in [2.45, 2.75) is 32.2 Å². The van der Waals surface area contributed by atoms with E-state index in [0.717, 1.165) is 37.6 Å². The van der Waals surface area contributed by atoms with E-state index >= 15 is 0 Å². The highest BCUT2D eigenvalue weighted by Crippen LogP contribution is 2.38. The fourth-order valence-electron chi connectivity index (χ4n) is 4.26. The van der Waals surface area contributed by atoms with Crippen molar-refractivity contribution in [3.63, 3.8) is 0 Å². The second-order valence-corrected chi connectivity index (χ2v) is 7.15. The Morgan fingerprint density at radius 1 is 0.923 bits per heavy atom. The van der Waals surface area contributed by atoms with Crippen LogP contribution in [0.1, 0.15) is 24.5 Å². The van der Waals surface area contributed by atoms with E-state index in [4.69, 9.17) is 4.98 Å². The molecule has 2 aliphatic heterocycles. The third kappa shape index (κ3) is 2.45. The van der Waals surface area contributed by atoms with E-state index in [2.05, 4.69) is 70.2 Å². The maximum absolute atomic E-state index is 4.97. The Labute approximate surface area is 154 Å². The predicted octanol–water partition coefficient (Wildman–Crippen LogP) is 4.64. The number of hydrogen-bond acceptors (Lipinski definition) is 4. The zero-order chi connectivity index (χ0) is 17.5. The first kappa shape index (κ1) is 15.4. The number of nitrogens with zero attached hydrogens (tertiary/aromatic N) is 4. The molecule has 3 aromatic rings. The highest BCUT2D eigenvalue weighted by atomic mass is 15.3. The molecule has 130 valence electrons. The Bertz CT molecular complexity index is 952. The average Bonchev–Trinajstić information content (AvgIpc) is 3.03. The number of hydrogen-bond donors (Lipinski definition) is 0. The van der Waals surface area contributed by atoms with Gasteiger partial charge in [-0.15, -0.1) is 0 Å². The molecule has 2 aromatic carbocycles. The van der Waals surface area contributed by atoms with Gasteiger partial charge in [0.2, 0.25) is 5.95 Å². The van der Waals surface area contributed by atoms with Crippen LogP contribution in [0.3, 0.4) is 0 Å². The molecule has 0 bridgehead atoms. The lowest BCUT2D eigenvalue weighted by atomic mass is 10.0. The lowest BCUT2D eigenvalue weighted by Gasteiger charge is -2.30. The molecule has 0 aliphatic carbocycles. The van der Waals surface area contributed by atoms with E-state index in [0.29, 0.717) is 6.04 Å². The first-order chi connectivity index (χ1) is 12.8. The van der Waals surface area contributed by atoms with E-state index in [1.807, 2.05) is 12.3 Å². The molecule has 3 heterocycles. The molecule has 0 fully saturated rings. The van der Waals surface area contributed by atoms with Gasteiger partial charge in [-0.1, -0.05) is 36.4 Å². The molecule has 0 spiro atoms. The smallest absolute Gasteiger partial charge is 0.231 e. The summed E-state index contributed by atoms with van der Waals surface area (Å²) in [5, 5.41) is 0. The minimum absolute atomic E-state index is 0.406. The molecule has 2 aliphatic rings. The largest absolute Gasteiger partial charge is 0.323 e. The number of benzene rings is 2. The van der Waals surface area contributed by atoms with Crippen LogP contribution in [0, 0.1) is 0 Å². The number of rotatable bonds is 2. The van der Waals surface area contributed by atoms with Gasteiger partial charge in [-0.25, -0.2) is 4.98 Å². The van der Waals surface area contributed by atoms with Gasteiger partial charge < -0.3 is 9.80 Å². The Morgan fingerprint density at radius 2 is 1.69 bits per heavy atom. The summed E-state index contributed by atoms with van der Waals surface area (Å²) in [5.41, 5.74) is 5.28. The SMILES string of the molecule is CC1Cc2ccccc2N1c1ccnc(N2CCCc3ccccc32)n1. The fourth-order valence-corrected chi connectivity index (χ4v) is 4.26. The van der Waals surface area contributed by atoms with Gasteiger partial charge in [0.1, 0.15) is 5.82 Å². The quantitative estimate of drug-likeness (QED) is 0.679. The zero-order valence-electron chi connectivity index (χ0n) is 15.0. The Kier molecular flexibility index (Phi) is 3.63. The summed E-state index contributed by atoms with van der Waals surface area (Å²) in [4.78, 5) is 14.2. The minimum atomic E-state index is 0.406. The molecule has 0 radical (unpaired) electrons. The molecule has 26 heavy (non-hydrogen) atoms. The topological polar surface area (TPSA) is 32.3 Å². The fraction of sp³-hybridized carbons (Fsp3) is 0.273. The summed E-state index contributed by atoms with van der Waals surface area (Å²) >= 11 is 0. The summed E-state index contributed by atoms with van der Waals surface area (Å²) in [6, 6.07) is 19.7. The van der Waals surface area contributed by atoms with E-state index in [1.165, 1.54) is 22.5 Å². The van der Waals surface area contributed by atoms with Gasteiger partial charge >= 0.3 is 0 Å². The van der Waals surface area contributed by atoms with Gasteiger partial charge in [-0.2, -0.15) is 4.98 Å². The van der Waals surface area contributed by atoms with E-state index in [-0.39, 0.29) is 0 Å². The van der Waals surface area contributed by atoms with Gasteiger partial charge in [0, 0.05) is 30.2 Å². The van der Waals surface area contributed by atoms with Gasteiger partial charge in [-0.3, -0.25) is 0 Å². The second kappa shape index (κ2) is 6.13. The van der Waals surface area contributed by atoms with Crippen LogP contribution < -0.4 is 9.80 Å². The lowest BCUT2D eigenvalue weighted by Crippen LogP contribution is -2.28. The summed E-state index contributed by atoms with van der Waals surface area (Å²) in [5.74, 6) is 1.78. The highest BCUT2D eigenvalue weighted by Gasteiger charge is 2.28. The van der Waals surface area contributed by atoms with Crippen molar-refractivity contribution in [3.05, 3.63) is 71.9 Å². The van der Waals surface area contributed by atoms with Crippen LogP contribution in [0.25, 0.3) is 0 Å². The number of anilines is 4. The molecular weight excluding hydrogens is 320 g/mol. The van der Waals surface area contributed by atoms with Crippen molar-refractivity contribution < 1.29 is 0 Å². The number of fused-ring (bicyclic) bond motifs is 2. The molecule has 5 rings (SSSR count). The third-order valence-electron chi connectivity index (χ3n) is 5.43. The van der Waals surface area contributed by atoms with Crippen molar-refractivity contribution in [2.75, 3.05) is 16.3 Å². The molecule has 0 amide bonds. The van der Waals surface area contributed by atoms with Crippen molar-refractivity contribution in [3.8, 4) is 0 Å². The highest BCUT2D eigenvalue weighted by molar-refractivity contribution is 5.70. The first-order valence-electron chi connectivity index (χ1n) is 9.37. The maximum Gasteiger partial charge on any atom is 0.231 e. The monoisotopic (exact) mass is 342 g/mol. The number of aryl methyl sites for hydroxylation is 1. The maximum atomic E-state index is 4.97. The van der Waals surface area contributed by atoms with Crippen LogP contribution in [-0.2, 0) is 12.8 Å². The number of para-hydroxylation sites is 2. The van der Waals surface area contributed by atoms with E-state index < -0.39 is 0 Å². The standard InChI is InChI=1S/C22H22N4/c1-16-15-18-8-3-5-11-20(18)26(16)21-12-13-23-22(24-21)25-14-6-9-17-7-2-4-10-19(17)25/h2-5,7-8,10-13,16H,6,9,14-15H2,1H3. The van der Waals surface area contributed by atoms with Gasteiger partial charge in [-0.05, 0) is 55.5 Å². The van der Waals surface area contributed by atoms with Crippen molar-refractivity contribution in [1.29, 1.82) is 0 Å². The van der Waals surface area contributed by atoms with E-state index in [9.17, 15) is 0 Å². The van der Waals surface area contributed by atoms with Gasteiger partial charge in [0.05, 0.1) is 0 Å². The van der Waals surface area contributed by atoms with Crippen LogP contribution in [-0.4, -0.2) is 22.6 Å². The van der Waals surface area contributed by atoms with Crippen LogP contribution >= 0.6 is 0 Å². The molecule has 4 nitrogen and oxygen atoms in total. The van der Waals surface area contributed by atoms with Crippen LogP contribution in [0.4, 0.5) is 23.1 Å². The molecule has 1 atom stereocenters. The molecule has 0 N–H and O–H groups in total. The average molecular weight is 342 g/mol. The van der Waals surface area contributed by atoms with Crippen LogP contribution in [0.2, 0.25) is 0 Å². The van der Waals surface area contributed by atoms with Gasteiger partial charge in [0.15, 0.2) is 0 Å². The first-order valence-corrected chi connectivity index (χ1v) is 9.37. The number of aromatic nitrogens is 2. The van der Waals surface area contributed by atoms with Crippen molar-refractivity contribution in [2.24, 2.45) is 0 Å². The zero-order valence-corrected chi connectivity index (χ0v) is 15.0. The summed E-state index contributed by atoms with van der Waals surface area (Å²) < 4.78 is 0. The molecule has 1 unspecified atom stereocenters. The Balaban J connectivity index is 1.55. The normalized spacial score (nSPS) is 18.6. The molecule has 4 heteroatoms. The molecule has 0 saturated carbocycles. The minimum Gasteiger partial charge on any atom is -0.323 e. The summed E-state index contributed by atoms with van der Waals surface area (Å²) in [6.45, 7) is 3.23. The van der Waals surface area contributed by atoms with Crippen LogP contribution in [0.5, 0.6) is 0 Å². The van der Waals surface area contributed by atoms with Crippen LogP contribution in [0.15, 0.2) is 60.8 Å². The predicted molar refractivity (Wildman–Crippen MR) is 106 cm³/mol.